The van der Waals surface area contributed by atoms with E-state index in [9.17, 15) is 13.6 Å². The second-order valence-corrected chi connectivity index (χ2v) is 5.95. The first kappa shape index (κ1) is 15.5. The highest BCUT2D eigenvalue weighted by atomic mass is 35.5. The maximum Gasteiger partial charge on any atom is 0.193 e. The first-order chi connectivity index (χ1) is 12.0. The quantitative estimate of drug-likeness (QED) is 0.554. The van der Waals surface area contributed by atoms with Gasteiger partial charge in [0.1, 0.15) is 11.6 Å². The number of nitrogens with zero attached hydrogens (tertiary/aromatic N) is 1. The number of H-pyrrole nitrogens is 2. The Morgan fingerprint density at radius 1 is 1.04 bits per heavy atom. The van der Waals surface area contributed by atoms with Crippen molar-refractivity contribution in [1.82, 2.24) is 15.2 Å². The molecule has 0 amide bonds. The lowest BCUT2D eigenvalue weighted by molar-refractivity contribution is 0.597. The second kappa shape index (κ2) is 5.82. The maximum absolute atomic E-state index is 14.8. The summed E-state index contributed by atoms with van der Waals surface area (Å²) in [7, 11) is 0. The standard InChI is InChI=1S/C18H10ClF2N3O/c19-11-3-1-9(2-4-11)13-6-15(25)17-14(24-13)5-12(20)16(18(17)21)10-7-22-23-8-10/h1-8H,(H,22,23)(H,24,25). The molecule has 0 unspecified atom stereocenters. The van der Waals surface area contributed by atoms with Gasteiger partial charge < -0.3 is 4.98 Å². The molecule has 4 rings (SSSR count). The summed E-state index contributed by atoms with van der Waals surface area (Å²) in [4.78, 5) is 15.4. The van der Waals surface area contributed by atoms with E-state index in [0.29, 0.717) is 16.3 Å². The van der Waals surface area contributed by atoms with Crippen molar-refractivity contribution in [3.63, 3.8) is 0 Å². The number of hydrogen-bond acceptors (Lipinski definition) is 2. The van der Waals surface area contributed by atoms with Crippen LogP contribution in [0.25, 0.3) is 33.3 Å². The molecule has 4 nitrogen and oxygen atoms in total. The molecule has 0 bridgehead atoms. The Labute approximate surface area is 145 Å². The SMILES string of the molecule is O=c1cc(-c2ccc(Cl)cc2)[nH]c2cc(F)c(-c3cn[nH]c3)c(F)c12. The van der Waals surface area contributed by atoms with Gasteiger partial charge >= 0.3 is 0 Å². The zero-order chi connectivity index (χ0) is 17.6. The van der Waals surface area contributed by atoms with E-state index in [0.717, 1.165) is 6.07 Å². The van der Waals surface area contributed by atoms with Gasteiger partial charge in [-0.3, -0.25) is 9.89 Å². The fraction of sp³-hybridized carbons (Fsp3) is 0. The molecule has 4 aromatic rings. The van der Waals surface area contributed by atoms with Crippen LogP contribution in [0.15, 0.2) is 53.6 Å². The van der Waals surface area contributed by atoms with Gasteiger partial charge in [-0.05, 0) is 23.8 Å². The zero-order valence-electron chi connectivity index (χ0n) is 12.6. The van der Waals surface area contributed by atoms with Gasteiger partial charge in [-0.15, -0.1) is 0 Å². The topological polar surface area (TPSA) is 61.5 Å². The van der Waals surface area contributed by atoms with Crippen LogP contribution >= 0.6 is 11.6 Å². The highest BCUT2D eigenvalue weighted by molar-refractivity contribution is 6.30. The molecule has 0 radical (unpaired) electrons. The minimum absolute atomic E-state index is 0.0831. The van der Waals surface area contributed by atoms with E-state index < -0.39 is 17.1 Å². The molecule has 0 saturated carbocycles. The average Bonchev–Trinajstić information content (AvgIpc) is 3.08. The van der Waals surface area contributed by atoms with Crippen molar-refractivity contribution < 1.29 is 8.78 Å². The molecule has 0 aliphatic rings. The summed E-state index contributed by atoms with van der Waals surface area (Å²) >= 11 is 5.85. The number of rotatable bonds is 2. The van der Waals surface area contributed by atoms with Crippen LogP contribution in [0.3, 0.4) is 0 Å². The summed E-state index contributed by atoms with van der Waals surface area (Å²) in [6.45, 7) is 0. The Hall–Kier alpha value is -2.99. The third-order valence-corrected chi connectivity index (χ3v) is 4.20. The fourth-order valence-corrected chi connectivity index (χ4v) is 2.91. The number of pyridine rings is 1. The summed E-state index contributed by atoms with van der Waals surface area (Å²) in [6.07, 6.45) is 2.66. The molecule has 25 heavy (non-hydrogen) atoms. The second-order valence-electron chi connectivity index (χ2n) is 5.51. The van der Waals surface area contributed by atoms with Crippen molar-refractivity contribution in [1.29, 1.82) is 0 Å². The van der Waals surface area contributed by atoms with Crippen molar-refractivity contribution in [2.24, 2.45) is 0 Å². The van der Waals surface area contributed by atoms with Gasteiger partial charge in [0.2, 0.25) is 0 Å². The van der Waals surface area contributed by atoms with E-state index in [1.54, 1.807) is 24.3 Å². The molecule has 124 valence electrons. The van der Waals surface area contributed by atoms with Gasteiger partial charge in [0.05, 0.1) is 22.7 Å². The molecule has 0 aliphatic carbocycles. The third kappa shape index (κ3) is 2.60. The number of fused-ring (bicyclic) bond motifs is 1. The van der Waals surface area contributed by atoms with Crippen LogP contribution < -0.4 is 5.43 Å². The van der Waals surface area contributed by atoms with E-state index in [-0.39, 0.29) is 22.0 Å². The molecule has 2 N–H and O–H groups in total. The Balaban J connectivity index is 1.98. The lowest BCUT2D eigenvalue weighted by Crippen LogP contribution is -2.07. The molecule has 2 aromatic heterocycles. The lowest BCUT2D eigenvalue weighted by Gasteiger charge is -2.09. The van der Waals surface area contributed by atoms with Crippen LogP contribution in [0.5, 0.6) is 0 Å². The normalized spacial score (nSPS) is 11.2. The number of aromatic amines is 2. The van der Waals surface area contributed by atoms with E-state index in [1.807, 2.05) is 0 Å². The fourth-order valence-electron chi connectivity index (χ4n) is 2.78. The van der Waals surface area contributed by atoms with Crippen LogP contribution in [0.1, 0.15) is 0 Å². The van der Waals surface area contributed by atoms with Gasteiger partial charge in [-0.1, -0.05) is 23.7 Å². The number of benzene rings is 2. The van der Waals surface area contributed by atoms with E-state index in [1.165, 1.54) is 18.5 Å². The largest absolute Gasteiger partial charge is 0.354 e. The first-order valence-electron chi connectivity index (χ1n) is 7.34. The highest BCUT2D eigenvalue weighted by Gasteiger charge is 2.19. The van der Waals surface area contributed by atoms with E-state index in [2.05, 4.69) is 15.2 Å². The van der Waals surface area contributed by atoms with Gasteiger partial charge in [0.15, 0.2) is 5.43 Å². The number of aromatic nitrogens is 3. The van der Waals surface area contributed by atoms with E-state index >= 15 is 0 Å². The highest BCUT2D eigenvalue weighted by Crippen LogP contribution is 2.30. The smallest absolute Gasteiger partial charge is 0.193 e. The van der Waals surface area contributed by atoms with Gasteiger partial charge in [0, 0.05) is 28.5 Å². The molecule has 0 fully saturated rings. The van der Waals surface area contributed by atoms with Crippen molar-refractivity contribution in [2.45, 2.75) is 0 Å². The Morgan fingerprint density at radius 3 is 2.48 bits per heavy atom. The van der Waals surface area contributed by atoms with Crippen molar-refractivity contribution in [2.75, 3.05) is 0 Å². The molecule has 0 aliphatic heterocycles. The van der Waals surface area contributed by atoms with Gasteiger partial charge in [0.25, 0.3) is 0 Å². The Bertz CT molecular complexity index is 1140. The Kier molecular flexibility index (Phi) is 3.62. The molecule has 0 atom stereocenters. The molecular weight excluding hydrogens is 348 g/mol. The minimum Gasteiger partial charge on any atom is -0.354 e. The predicted octanol–water partition coefficient (Wildman–Crippen LogP) is 4.52. The van der Waals surface area contributed by atoms with Crippen LogP contribution in [0.4, 0.5) is 8.78 Å². The van der Waals surface area contributed by atoms with Crippen molar-refractivity contribution in [3.05, 3.63) is 75.7 Å². The first-order valence-corrected chi connectivity index (χ1v) is 7.72. The zero-order valence-corrected chi connectivity index (χ0v) is 13.4. The molecular formula is C18H10ClF2N3O. The van der Waals surface area contributed by atoms with Crippen molar-refractivity contribution in [3.8, 4) is 22.4 Å². The van der Waals surface area contributed by atoms with Crippen LogP contribution in [-0.2, 0) is 0 Å². The number of hydrogen-bond donors (Lipinski definition) is 2. The number of halogens is 3. The molecule has 7 heteroatoms. The van der Waals surface area contributed by atoms with Crippen LogP contribution in [0.2, 0.25) is 5.02 Å². The Morgan fingerprint density at radius 2 is 1.80 bits per heavy atom. The molecule has 0 saturated heterocycles. The maximum atomic E-state index is 14.8. The van der Waals surface area contributed by atoms with Crippen LogP contribution in [-0.4, -0.2) is 15.2 Å². The number of nitrogens with one attached hydrogen (secondary N) is 2. The summed E-state index contributed by atoms with van der Waals surface area (Å²) in [5.41, 5.74) is 0.622. The molecule has 0 spiro atoms. The minimum atomic E-state index is -0.916. The van der Waals surface area contributed by atoms with Gasteiger partial charge in [-0.25, -0.2) is 8.78 Å². The molecule has 2 aromatic carbocycles. The summed E-state index contributed by atoms with van der Waals surface area (Å²) < 4.78 is 29.3. The average molecular weight is 358 g/mol. The molecule has 2 heterocycles. The summed E-state index contributed by atoms with van der Waals surface area (Å²) in [5, 5.41) is 6.54. The van der Waals surface area contributed by atoms with Gasteiger partial charge in [-0.2, -0.15) is 5.10 Å². The summed E-state index contributed by atoms with van der Waals surface area (Å²) in [6, 6.07) is 9.16. The monoisotopic (exact) mass is 357 g/mol. The summed E-state index contributed by atoms with van der Waals surface area (Å²) in [5.74, 6) is -1.70. The van der Waals surface area contributed by atoms with E-state index in [4.69, 9.17) is 11.6 Å². The predicted molar refractivity (Wildman–Crippen MR) is 92.5 cm³/mol. The third-order valence-electron chi connectivity index (χ3n) is 3.95. The van der Waals surface area contributed by atoms with Crippen LogP contribution in [0, 0.1) is 11.6 Å². The lowest BCUT2D eigenvalue weighted by atomic mass is 10.0. The van der Waals surface area contributed by atoms with Crippen molar-refractivity contribution >= 4 is 22.5 Å².